The minimum Gasteiger partial charge on any atom is -0.491 e. The van der Waals surface area contributed by atoms with Crippen LogP contribution in [0.4, 0.5) is 0 Å². The van der Waals surface area contributed by atoms with E-state index in [1.54, 1.807) is 0 Å². The van der Waals surface area contributed by atoms with Gasteiger partial charge in [0.15, 0.2) is 0 Å². The third kappa shape index (κ3) is 10.8. The molecule has 0 aliphatic carbocycles. The van der Waals surface area contributed by atoms with Gasteiger partial charge in [-0.1, -0.05) is 77.1 Å². The Labute approximate surface area is 191 Å². The molecule has 31 heavy (non-hydrogen) atoms. The molecule has 0 atom stereocenters. The SMILES string of the molecule is CC(C)(C)CC(C)(C)Cc1ccc(OCCOCC[N+](C)(C)Cc2ccccc2)cc1. The minimum absolute atomic E-state index is 0.293. The number of ether oxygens (including phenoxy) is 2. The lowest BCUT2D eigenvalue weighted by Crippen LogP contribution is -2.41. The molecule has 0 saturated heterocycles. The average Bonchev–Trinajstić information content (AvgIpc) is 2.64. The van der Waals surface area contributed by atoms with Crippen LogP contribution in [0.1, 0.15) is 52.2 Å². The monoisotopic (exact) mass is 426 g/mol. The highest BCUT2D eigenvalue weighted by atomic mass is 16.5. The van der Waals surface area contributed by atoms with Crippen LogP contribution < -0.4 is 4.74 Å². The molecule has 0 amide bonds. The first-order valence-electron chi connectivity index (χ1n) is 11.6. The van der Waals surface area contributed by atoms with E-state index in [2.05, 4.69) is 103 Å². The summed E-state index contributed by atoms with van der Waals surface area (Å²) in [4.78, 5) is 0. The van der Waals surface area contributed by atoms with Gasteiger partial charge < -0.3 is 14.0 Å². The predicted octanol–water partition coefficient (Wildman–Crippen LogP) is 6.36. The van der Waals surface area contributed by atoms with Gasteiger partial charge in [-0.3, -0.25) is 0 Å². The quantitative estimate of drug-likeness (QED) is 0.290. The Hall–Kier alpha value is -1.84. The van der Waals surface area contributed by atoms with Gasteiger partial charge in [-0.05, 0) is 41.4 Å². The first kappa shape index (κ1) is 25.4. The van der Waals surface area contributed by atoms with Crippen LogP contribution in [-0.2, 0) is 17.7 Å². The second kappa shape index (κ2) is 11.2. The largest absolute Gasteiger partial charge is 0.491 e. The molecule has 0 aliphatic heterocycles. The molecular weight excluding hydrogens is 382 g/mol. The van der Waals surface area contributed by atoms with Crippen LogP contribution in [0, 0.1) is 10.8 Å². The molecule has 2 aromatic rings. The Morgan fingerprint density at radius 3 is 2.00 bits per heavy atom. The van der Waals surface area contributed by atoms with Crippen molar-refractivity contribution in [2.75, 3.05) is 40.5 Å². The second-order valence-corrected chi connectivity index (χ2v) is 11.5. The van der Waals surface area contributed by atoms with Crippen molar-refractivity contribution >= 4 is 0 Å². The number of quaternary nitrogens is 1. The maximum absolute atomic E-state index is 5.87. The third-order valence-corrected chi connectivity index (χ3v) is 5.41. The number of benzene rings is 2. The van der Waals surface area contributed by atoms with E-state index in [0.29, 0.717) is 24.0 Å². The van der Waals surface area contributed by atoms with Crippen molar-refractivity contribution in [3.63, 3.8) is 0 Å². The fraction of sp³-hybridized carbons (Fsp3) is 0.571. The van der Waals surface area contributed by atoms with Gasteiger partial charge in [0.2, 0.25) is 0 Å². The van der Waals surface area contributed by atoms with E-state index in [1.165, 1.54) is 17.5 Å². The summed E-state index contributed by atoms with van der Waals surface area (Å²) in [6, 6.07) is 19.2. The van der Waals surface area contributed by atoms with Crippen molar-refractivity contribution in [1.82, 2.24) is 0 Å². The molecule has 0 saturated carbocycles. The van der Waals surface area contributed by atoms with Gasteiger partial charge in [-0.25, -0.2) is 0 Å². The van der Waals surface area contributed by atoms with Crippen molar-refractivity contribution in [3.8, 4) is 5.75 Å². The van der Waals surface area contributed by atoms with E-state index in [-0.39, 0.29) is 0 Å². The van der Waals surface area contributed by atoms with Crippen LogP contribution in [-0.4, -0.2) is 44.9 Å². The number of likely N-dealkylation sites (N-methyl/N-ethyl adjacent to an activating group) is 1. The summed E-state index contributed by atoms with van der Waals surface area (Å²) in [6.07, 6.45) is 2.29. The lowest BCUT2D eigenvalue weighted by Gasteiger charge is -2.32. The zero-order valence-electron chi connectivity index (χ0n) is 20.9. The van der Waals surface area contributed by atoms with Crippen molar-refractivity contribution in [3.05, 3.63) is 65.7 Å². The molecule has 2 aromatic carbocycles. The smallest absolute Gasteiger partial charge is 0.119 e. The fourth-order valence-corrected chi connectivity index (χ4v) is 4.54. The summed E-state index contributed by atoms with van der Waals surface area (Å²) in [5.74, 6) is 0.918. The van der Waals surface area contributed by atoms with Gasteiger partial charge in [-0.2, -0.15) is 0 Å². The van der Waals surface area contributed by atoms with Gasteiger partial charge in [-0.15, -0.1) is 0 Å². The fourth-order valence-electron chi connectivity index (χ4n) is 4.54. The van der Waals surface area contributed by atoms with Crippen LogP contribution in [0.3, 0.4) is 0 Å². The van der Waals surface area contributed by atoms with Crippen molar-refractivity contribution in [1.29, 1.82) is 0 Å². The lowest BCUT2D eigenvalue weighted by atomic mass is 9.73. The van der Waals surface area contributed by atoms with Crippen LogP contribution >= 0.6 is 0 Å². The minimum atomic E-state index is 0.293. The summed E-state index contributed by atoms with van der Waals surface area (Å²) < 4.78 is 12.6. The highest BCUT2D eigenvalue weighted by molar-refractivity contribution is 5.28. The normalized spacial score (nSPS) is 12.7. The van der Waals surface area contributed by atoms with E-state index >= 15 is 0 Å². The molecule has 172 valence electrons. The average molecular weight is 427 g/mol. The van der Waals surface area contributed by atoms with Crippen molar-refractivity contribution < 1.29 is 14.0 Å². The van der Waals surface area contributed by atoms with Gasteiger partial charge in [0.1, 0.15) is 25.4 Å². The molecule has 0 bridgehead atoms. The van der Waals surface area contributed by atoms with Crippen LogP contribution in [0.2, 0.25) is 0 Å². The summed E-state index contributed by atoms with van der Waals surface area (Å²) in [6.45, 7) is 15.6. The zero-order chi connectivity index (χ0) is 23.0. The third-order valence-electron chi connectivity index (χ3n) is 5.41. The molecule has 0 unspecified atom stereocenters. The van der Waals surface area contributed by atoms with E-state index in [4.69, 9.17) is 9.47 Å². The Balaban J connectivity index is 1.65. The molecule has 0 heterocycles. The predicted molar refractivity (Wildman–Crippen MR) is 131 cm³/mol. The molecule has 3 nitrogen and oxygen atoms in total. The van der Waals surface area contributed by atoms with Gasteiger partial charge in [0.05, 0.1) is 27.3 Å². The van der Waals surface area contributed by atoms with Gasteiger partial charge in [0.25, 0.3) is 0 Å². The molecule has 0 N–H and O–H groups in total. The Bertz CT molecular complexity index is 758. The first-order chi connectivity index (χ1) is 14.4. The topological polar surface area (TPSA) is 18.5 Å². The van der Waals surface area contributed by atoms with E-state index in [9.17, 15) is 0 Å². The second-order valence-electron chi connectivity index (χ2n) is 11.5. The molecule has 0 aromatic heterocycles. The van der Waals surface area contributed by atoms with Crippen molar-refractivity contribution in [2.24, 2.45) is 10.8 Å². The standard InChI is InChI=1S/C28H44NO2/c1-27(2,3)23-28(4,5)21-24-13-15-26(16-14-24)31-20-19-30-18-17-29(6,7)22-25-11-9-8-10-12-25/h8-16H,17-23H2,1-7H3/q+1. The van der Waals surface area contributed by atoms with E-state index < -0.39 is 0 Å². The maximum atomic E-state index is 5.87. The molecule has 0 fully saturated rings. The highest BCUT2D eigenvalue weighted by Gasteiger charge is 2.25. The number of hydrogen-bond donors (Lipinski definition) is 0. The zero-order valence-corrected chi connectivity index (χ0v) is 20.9. The molecule has 0 radical (unpaired) electrons. The number of rotatable bonds is 12. The Morgan fingerprint density at radius 1 is 0.742 bits per heavy atom. The number of nitrogens with zero attached hydrogens (tertiary/aromatic N) is 1. The first-order valence-corrected chi connectivity index (χ1v) is 11.6. The highest BCUT2D eigenvalue weighted by Crippen LogP contribution is 2.36. The summed E-state index contributed by atoms with van der Waals surface area (Å²) in [5, 5.41) is 0. The van der Waals surface area contributed by atoms with E-state index in [0.717, 1.165) is 36.3 Å². The van der Waals surface area contributed by atoms with Crippen LogP contribution in [0.15, 0.2) is 54.6 Å². The molecular formula is C28H44NO2+. The van der Waals surface area contributed by atoms with Gasteiger partial charge in [0, 0.05) is 5.56 Å². The van der Waals surface area contributed by atoms with Crippen LogP contribution in [0.25, 0.3) is 0 Å². The molecule has 2 rings (SSSR count). The number of hydrogen-bond acceptors (Lipinski definition) is 2. The molecule has 0 spiro atoms. The van der Waals surface area contributed by atoms with E-state index in [1.807, 2.05) is 0 Å². The Morgan fingerprint density at radius 2 is 1.39 bits per heavy atom. The van der Waals surface area contributed by atoms with Crippen molar-refractivity contribution in [2.45, 2.75) is 54.0 Å². The summed E-state index contributed by atoms with van der Waals surface area (Å²) in [5.41, 5.74) is 3.38. The summed E-state index contributed by atoms with van der Waals surface area (Å²) in [7, 11) is 4.49. The Kier molecular flexibility index (Phi) is 9.14. The molecule has 0 aliphatic rings. The maximum Gasteiger partial charge on any atom is 0.119 e. The summed E-state index contributed by atoms with van der Waals surface area (Å²) >= 11 is 0. The van der Waals surface area contributed by atoms with Crippen LogP contribution in [0.5, 0.6) is 5.75 Å². The molecule has 3 heteroatoms. The van der Waals surface area contributed by atoms with Gasteiger partial charge >= 0.3 is 0 Å². The lowest BCUT2D eigenvalue weighted by molar-refractivity contribution is -0.904.